The van der Waals surface area contributed by atoms with E-state index in [2.05, 4.69) is 5.32 Å². The first-order valence-electron chi connectivity index (χ1n) is 6.97. The number of nitrogens with zero attached hydrogens (tertiary/aromatic N) is 1. The number of rotatable bonds is 7. The van der Waals surface area contributed by atoms with Gasteiger partial charge in [-0.25, -0.2) is 4.39 Å². The van der Waals surface area contributed by atoms with Gasteiger partial charge in [0.25, 0.3) is 0 Å². The minimum absolute atomic E-state index is 0.0367. The Morgan fingerprint density at radius 2 is 1.95 bits per heavy atom. The molecule has 1 aromatic rings. The summed E-state index contributed by atoms with van der Waals surface area (Å²) in [6.45, 7) is 4.76. The lowest BCUT2D eigenvalue weighted by Gasteiger charge is -2.32. The predicted octanol–water partition coefficient (Wildman–Crippen LogP) is 1.67. The molecule has 0 aliphatic heterocycles. The largest absolute Gasteiger partial charge is 0.355 e. The highest BCUT2D eigenvalue weighted by Gasteiger charge is 2.24. The number of carbonyl (C=O) groups excluding carboxylic acids is 1. The maximum Gasteiger partial charge on any atom is 0.234 e. The minimum atomic E-state index is -0.274. The Labute approximate surface area is 120 Å². The smallest absolute Gasteiger partial charge is 0.234 e. The highest BCUT2D eigenvalue weighted by atomic mass is 19.1. The maximum atomic E-state index is 13.0. The topological polar surface area (TPSA) is 58.4 Å². The molecule has 112 valence electrons. The van der Waals surface area contributed by atoms with E-state index in [1.54, 1.807) is 12.1 Å². The highest BCUT2D eigenvalue weighted by molar-refractivity contribution is 5.77. The fourth-order valence-corrected chi connectivity index (χ4v) is 2.29. The summed E-state index contributed by atoms with van der Waals surface area (Å²) in [5, 5.41) is 2.77. The standard InChI is InChI=1S/C15H24FN3O/c1-4-13(17)15(11-6-8-12(16)9-7-11)19(3)10-14(20)18-5-2/h6-9,13,15H,4-5,10,17H2,1-3H3,(H,18,20). The van der Waals surface area contributed by atoms with Gasteiger partial charge in [-0.2, -0.15) is 0 Å². The van der Waals surface area contributed by atoms with Crippen molar-refractivity contribution >= 4 is 5.91 Å². The van der Waals surface area contributed by atoms with Crippen LogP contribution in [0.25, 0.3) is 0 Å². The molecule has 2 atom stereocenters. The Balaban J connectivity index is 2.88. The molecule has 0 saturated carbocycles. The van der Waals surface area contributed by atoms with Crippen molar-refractivity contribution in [3.63, 3.8) is 0 Å². The maximum absolute atomic E-state index is 13.0. The number of nitrogens with two attached hydrogens (primary N) is 1. The second kappa shape index (κ2) is 7.97. The van der Waals surface area contributed by atoms with Crippen molar-refractivity contribution in [3.05, 3.63) is 35.6 Å². The number of hydrogen-bond donors (Lipinski definition) is 2. The molecule has 0 radical (unpaired) electrons. The van der Waals surface area contributed by atoms with E-state index in [4.69, 9.17) is 5.73 Å². The van der Waals surface area contributed by atoms with Gasteiger partial charge in [-0.15, -0.1) is 0 Å². The third-order valence-corrected chi connectivity index (χ3v) is 3.33. The van der Waals surface area contributed by atoms with Crippen LogP contribution < -0.4 is 11.1 Å². The molecular formula is C15H24FN3O. The summed E-state index contributed by atoms with van der Waals surface area (Å²) in [4.78, 5) is 13.6. The van der Waals surface area contributed by atoms with Crippen molar-refractivity contribution < 1.29 is 9.18 Å². The number of nitrogens with one attached hydrogen (secondary N) is 1. The molecule has 0 aliphatic carbocycles. The van der Waals surface area contributed by atoms with Gasteiger partial charge in [-0.05, 0) is 38.1 Å². The first-order valence-corrected chi connectivity index (χ1v) is 6.97. The zero-order valence-corrected chi connectivity index (χ0v) is 12.4. The number of halogens is 1. The van der Waals surface area contributed by atoms with Crippen LogP contribution in [-0.2, 0) is 4.79 Å². The molecule has 0 fully saturated rings. The van der Waals surface area contributed by atoms with Gasteiger partial charge in [-0.1, -0.05) is 19.1 Å². The summed E-state index contributed by atoms with van der Waals surface area (Å²) in [5.74, 6) is -0.311. The van der Waals surface area contributed by atoms with E-state index >= 15 is 0 Å². The van der Waals surface area contributed by atoms with Crippen LogP contribution in [0.3, 0.4) is 0 Å². The van der Waals surface area contributed by atoms with Gasteiger partial charge in [0, 0.05) is 12.6 Å². The highest BCUT2D eigenvalue weighted by Crippen LogP contribution is 2.23. The average molecular weight is 281 g/mol. The molecule has 0 aromatic heterocycles. The van der Waals surface area contributed by atoms with Gasteiger partial charge in [0.2, 0.25) is 5.91 Å². The average Bonchev–Trinajstić information content (AvgIpc) is 2.41. The van der Waals surface area contributed by atoms with Crippen LogP contribution in [0, 0.1) is 5.82 Å². The molecule has 0 saturated heterocycles. The van der Waals surface area contributed by atoms with E-state index in [9.17, 15) is 9.18 Å². The monoisotopic (exact) mass is 281 g/mol. The second-order valence-corrected chi connectivity index (χ2v) is 4.94. The first-order chi connectivity index (χ1) is 9.49. The van der Waals surface area contributed by atoms with Gasteiger partial charge >= 0.3 is 0 Å². The molecule has 4 nitrogen and oxygen atoms in total. The van der Waals surface area contributed by atoms with E-state index in [1.165, 1.54) is 12.1 Å². The number of hydrogen-bond acceptors (Lipinski definition) is 3. The second-order valence-electron chi connectivity index (χ2n) is 4.94. The van der Waals surface area contributed by atoms with Gasteiger partial charge in [0.15, 0.2) is 0 Å². The van der Waals surface area contributed by atoms with E-state index in [1.807, 2.05) is 25.8 Å². The molecule has 2 unspecified atom stereocenters. The first kappa shape index (κ1) is 16.6. The van der Waals surface area contributed by atoms with Gasteiger partial charge in [-0.3, -0.25) is 9.69 Å². The van der Waals surface area contributed by atoms with Gasteiger partial charge in [0.05, 0.1) is 12.6 Å². The van der Waals surface area contributed by atoms with Crippen LogP contribution in [0.2, 0.25) is 0 Å². The third-order valence-electron chi connectivity index (χ3n) is 3.33. The summed E-state index contributed by atoms with van der Waals surface area (Å²) >= 11 is 0. The summed E-state index contributed by atoms with van der Waals surface area (Å²) < 4.78 is 13.0. The fourth-order valence-electron chi connectivity index (χ4n) is 2.29. The lowest BCUT2D eigenvalue weighted by Crippen LogP contribution is -2.43. The van der Waals surface area contributed by atoms with Crippen molar-refractivity contribution in [1.29, 1.82) is 0 Å². The zero-order chi connectivity index (χ0) is 15.1. The Kier molecular flexibility index (Phi) is 6.61. The Morgan fingerprint density at radius 1 is 1.35 bits per heavy atom. The molecule has 1 aromatic carbocycles. The SMILES string of the molecule is CCNC(=O)CN(C)C(c1ccc(F)cc1)C(N)CC. The Bertz CT molecular complexity index is 422. The lowest BCUT2D eigenvalue weighted by atomic mass is 9.96. The minimum Gasteiger partial charge on any atom is -0.355 e. The van der Waals surface area contributed by atoms with Crippen LogP contribution in [0.5, 0.6) is 0 Å². The normalized spacial score (nSPS) is 14.1. The van der Waals surface area contributed by atoms with E-state index in [0.29, 0.717) is 6.54 Å². The number of benzene rings is 1. The fraction of sp³-hybridized carbons (Fsp3) is 0.533. The molecule has 1 amide bonds. The molecular weight excluding hydrogens is 257 g/mol. The molecule has 0 heterocycles. The number of carbonyl (C=O) groups is 1. The van der Waals surface area contributed by atoms with Gasteiger partial charge in [0.1, 0.15) is 5.82 Å². The summed E-state index contributed by atoms with van der Waals surface area (Å²) in [5.41, 5.74) is 7.09. The van der Waals surface area contributed by atoms with Crippen molar-refractivity contribution in [2.45, 2.75) is 32.4 Å². The van der Waals surface area contributed by atoms with E-state index < -0.39 is 0 Å². The zero-order valence-electron chi connectivity index (χ0n) is 12.4. The van der Waals surface area contributed by atoms with E-state index in [0.717, 1.165) is 12.0 Å². The van der Waals surface area contributed by atoms with Crippen molar-refractivity contribution in [1.82, 2.24) is 10.2 Å². The van der Waals surface area contributed by atoms with Crippen molar-refractivity contribution in [2.24, 2.45) is 5.73 Å². The molecule has 1 rings (SSSR count). The molecule has 5 heteroatoms. The molecule has 0 spiro atoms. The Hall–Kier alpha value is -1.46. The Morgan fingerprint density at radius 3 is 2.45 bits per heavy atom. The molecule has 20 heavy (non-hydrogen) atoms. The number of amides is 1. The number of likely N-dealkylation sites (N-methyl/N-ethyl adjacent to an activating group) is 2. The summed E-state index contributed by atoms with van der Waals surface area (Å²) in [6, 6.07) is 6.08. The molecule has 3 N–H and O–H groups in total. The lowest BCUT2D eigenvalue weighted by molar-refractivity contribution is -0.122. The third kappa shape index (κ3) is 4.58. The van der Waals surface area contributed by atoms with Crippen LogP contribution in [0.4, 0.5) is 4.39 Å². The van der Waals surface area contributed by atoms with Crippen LogP contribution in [0.1, 0.15) is 31.9 Å². The molecule has 0 bridgehead atoms. The van der Waals surface area contributed by atoms with Crippen molar-refractivity contribution in [3.8, 4) is 0 Å². The van der Waals surface area contributed by atoms with Crippen molar-refractivity contribution in [2.75, 3.05) is 20.1 Å². The van der Waals surface area contributed by atoms with Gasteiger partial charge < -0.3 is 11.1 Å². The van der Waals surface area contributed by atoms with Crippen LogP contribution >= 0.6 is 0 Å². The van der Waals surface area contributed by atoms with Crippen LogP contribution in [-0.4, -0.2) is 37.0 Å². The quantitative estimate of drug-likeness (QED) is 0.799. The predicted molar refractivity (Wildman–Crippen MR) is 78.7 cm³/mol. The van der Waals surface area contributed by atoms with Crippen LogP contribution in [0.15, 0.2) is 24.3 Å². The molecule has 0 aliphatic rings. The van der Waals surface area contributed by atoms with E-state index in [-0.39, 0.29) is 30.4 Å². The summed E-state index contributed by atoms with van der Waals surface area (Å²) in [6.07, 6.45) is 0.780. The summed E-state index contributed by atoms with van der Waals surface area (Å²) in [7, 11) is 1.86.